The highest BCUT2D eigenvalue weighted by Crippen LogP contribution is 2.39. The molecule has 3 aromatic carbocycles. The molecule has 0 aliphatic carbocycles. The average Bonchev–Trinajstić information content (AvgIpc) is 2.61. The van der Waals surface area contributed by atoms with Crippen LogP contribution in [0, 0.1) is 6.92 Å². The van der Waals surface area contributed by atoms with Crippen molar-refractivity contribution >= 4 is 22.4 Å². The van der Waals surface area contributed by atoms with Crippen LogP contribution in [0.25, 0.3) is 11.1 Å². The van der Waals surface area contributed by atoms with Gasteiger partial charge in [-0.05, 0) is 37.3 Å². The topological polar surface area (TPSA) is 26.3 Å². The van der Waals surface area contributed by atoms with Crippen LogP contribution in [0.4, 0.5) is 0 Å². The molecule has 0 saturated heterocycles. The number of hydrogen-bond donors (Lipinski definition) is 0. The number of halogens is 1. The molecule has 0 amide bonds. The van der Waals surface area contributed by atoms with E-state index in [9.17, 15) is 4.21 Å². The third-order valence-corrected chi connectivity index (χ3v) is 5.54. The first-order valence-corrected chi connectivity index (χ1v) is 9.05. The SMILES string of the molecule is COc1ccccc1-c1c(Cl)cccc1[S@@](=O)c1ccc(C)cc1. The second kappa shape index (κ2) is 7.20. The van der Waals surface area contributed by atoms with E-state index < -0.39 is 10.8 Å². The van der Waals surface area contributed by atoms with E-state index in [2.05, 4.69) is 0 Å². The number of benzene rings is 3. The van der Waals surface area contributed by atoms with Crippen molar-refractivity contribution in [2.75, 3.05) is 7.11 Å². The summed E-state index contributed by atoms with van der Waals surface area (Å²) in [7, 11) is 0.290. The second-order valence-corrected chi connectivity index (χ2v) is 7.25. The molecule has 0 unspecified atom stereocenters. The van der Waals surface area contributed by atoms with Gasteiger partial charge in [-0.15, -0.1) is 0 Å². The molecule has 0 aliphatic heterocycles. The highest BCUT2D eigenvalue weighted by molar-refractivity contribution is 7.85. The van der Waals surface area contributed by atoms with E-state index in [1.54, 1.807) is 13.2 Å². The van der Waals surface area contributed by atoms with Crippen molar-refractivity contribution in [1.29, 1.82) is 0 Å². The maximum atomic E-state index is 13.1. The van der Waals surface area contributed by atoms with Gasteiger partial charge in [-0.2, -0.15) is 0 Å². The lowest BCUT2D eigenvalue weighted by Crippen LogP contribution is -1.98. The Bertz CT molecular complexity index is 888. The van der Waals surface area contributed by atoms with Gasteiger partial charge in [0.15, 0.2) is 0 Å². The van der Waals surface area contributed by atoms with Gasteiger partial charge in [-0.1, -0.05) is 53.6 Å². The Balaban J connectivity index is 2.18. The minimum atomic E-state index is -1.33. The molecule has 4 heteroatoms. The molecule has 0 N–H and O–H groups in total. The van der Waals surface area contributed by atoms with Crippen molar-refractivity contribution in [2.45, 2.75) is 16.7 Å². The van der Waals surface area contributed by atoms with Crippen molar-refractivity contribution in [3.05, 3.63) is 77.3 Å². The van der Waals surface area contributed by atoms with Crippen LogP contribution >= 0.6 is 11.6 Å². The van der Waals surface area contributed by atoms with E-state index in [1.165, 1.54) is 0 Å². The number of aryl methyl sites for hydroxylation is 1. The number of para-hydroxylation sites is 1. The van der Waals surface area contributed by atoms with Gasteiger partial charge >= 0.3 is 0 Å². The highest BCUT2D eigenvalue weighted by Gasteiger charge is 2.18. The van der Waals surface area contributed by atoms with Crippen LogP contribution in [0.3, 0.4) is 0 Å². The van der Waals surface area contributed by atoms with Crippen molar-refractivity contribution in [3.8, 4) is 16.9 Å². The van der Waals surface area contributed by atoms with Gasteiger partial charge in [0.2, 0.25) is 0 Å². The molecule has 1 atom stereocenters. The predicted molar refractivity (Wildman–Crippen MR) is 99.3 cm³/mol. The van der Waals surface area contributed by atoms with Crippen molar-refractivity contribution in [2.24, 2.45) is 0 Å². The molecule has 24 heavy (non-hydrogen) atoms. The number of methoxy groups -OCH3 is 1. The van der Waals surface area contributed by atoms with Gasteiger partial charge < -0.3 is 4.74 Å². The summed E-state index contributed by atoms with van der Waals surface area (Å²) in [4.78, 5) is 1.43. The van der Waals surface area contributed by atoms with Crippen LogP contribution in [0.15, 0.2) is 76.5 Å². The monoisotopic (exact) mass is 356 g/mol. The fourth-order valence-electron chi connectivity index (χ4n) is 2.56. The summed E-state index contributed by atoms with van der Waals surface area (Å²) in [6.07, 6.45) is 0. The Hall–Kier alpha value is -2.10. The molecule has 0 fully saturated rings. The third kappa shape index (κ3) is 3.23. The summed E-state index contributed by atoms with van der Waals surface area (Å²) in [5.41, 5.74) is 2.71. The van der Waals surface area contributed by atoms with Crippen molar-refractivity contribution < 1.29 is 8.95 Å². The lowest BCUT2D eigenvalue weighted by atomic mass is 10.0. The van der Waals surface area contributed by atoms with Crippen LogP contribution in [0.1, 0.15) is 5.56 Å². The molecule has 0 aromatic heterocycles. The van der Waals surface area contributed by atoms with Gasteiger partial charge in [0, 0.05) is 21.0 Å². The summed E-state index contributed by atoms with van der Waals surface area (Å²) >= 11 is 6.46. The summed E-state index contributed by atoms with van der Waals surface area (Å²) < 4.78 is 18.6. The molecule has 122 valence electrons. The lowest BCUT2D eigenvalue weighted by Gasteiger charge is -2.14. The molecular weight excluding hydrogens is 340 g/mol. The number of rotatable bonds is 4. The quantitative estimate of drug-likeness (QED) is 0.617. The summed E-state index contributed by atoms with van der Waals surface area (Å²) in [6.45, 7) is 2.01. The van der Waals surface area contributed by atoms with Crippen LogP contribution < -0.4 is 4.74 Å². The largest absolute Gasteiger partial charge is 0.496 e. The zero-order chi connectivity index (χ0) is 17.1. The Morgan fingerprint density at radius 2 is 1.62 bits per heavy atom. The van der Waals surface area contributed by atoms with E-state index >= 15 is 0 Å². The smallest absolute Gasteiger partial charge is 0.126 e. The van der Waals surface area contributed by atoms with Gasteiger partial charge in [0.25, 0.3) is 0 Å². The van der Waals surface area contributed by atoms with E-state index in [1.807, 2.05) is 67.6 Å². The van der Waals surface area contributed by atoms with E-state index in [0.717, 1.165) is 21.6 Å². The third-order valence-electron chi connectivity index (χ3n) is 3.79. The predicted octanol–water partition coefficient (Wildman–Crippen LogP) is 5.49. The molecule has 0 spiro atoms. The maximum Gasteiger partial charge on any atom is 0.126 e. The summed E-state index contributed by atoms with van der Waals surface area (Å²) in [5.74, 6) is 0.702. The normalized spacial score (nSPS) is 12.0. The first kappa shape index (κ1) is 16.7. The Labute approximate surface area is 149 Å². The minimum Gasteiger partial charge on any atom is -0.496 e. The van der Waals surface area contributed by atoms with Crippen molar-refractivity contribution in [3.63, 3.8) is 0 Å². The molecule has 0 aliphatic rings. The van der Waals surface area contributed by atoms with Crippen LogP contribution in [0.5, 0.6) is 5.75 Å². The zero-order valence-corrected chi connectivity index (χ0v) is 15.0. The highest BCUT2D eigenvalue weighted by atomic mass is 35.5. The fourth-order valence-corrected chi connectivity index (χ4v) is 4.14. The summed E-state index contributed by atoms with van der Waals surface area (Å²) in [6, 6.07) is 20.8. The standard InChI is InChI=1S/C20H17ClO2S/c1-14-10-12-15(13-11-14)24(22)19-9-5-7-17(21)20(19)16-6-3-4-8-18(16)23-2/h3-13H,1-2H3/t24-/m0/s1. The molecule has 3 aromatic rings. The van der Waals surface area contributed by atoms with Gasteiger partial charge in [0.1, 0.15) is 5.75 Å². The van der Waals surface area contributed by atoms with Crippen LogP contribution in [-0.4, -0.2) is 11.3 Å². The summed E-state index contributed by atoms with van der Waals surface area (Å²) in [5, 5.41) is 0.553. The molecule has 2 nitrogen and oxygen atoms in total. The van der Waals surface area contributed by atoms with Gasteiger partial charge in [-0.25, -0.2) is 4.21 Å². The first-order chi connectivity index (χ1) is 11.6. The fraction of sp³-hybridized carbons (Fsp3) is 0.100. The zero-order valence-electron chi connectivity index (χ0n) is 13.5. The molecule has 0 heterocycles. The van der Waals surface area contributed by atoms with Gasteiger partial charge in [-0.3, -0.25) is 0 Å². The van der Waals surface area contributed by atoms with Crippen LogP contribution in [-0.2, 0) is 10.8 Å². The minimum absolute atomic E-state index is 0.553. The molecular formula is C20H17ClO2S. The Morgan fingerprint density at radius 1 is 0.917 bits per heavy atom. The lowest BCUT2D eigenvalue weighted by molar-refractivity contribution is 0.416. The van der Waals surface area contributed by atoms with Crippen molar-refractivity contribution in [1.82, 2.24) is 0 Å². The van der Waals surface area contributed by atoms with E-state index in [0.29, 0.717) is 15.7 Å². The van der Waals surface area contributed by atoms with Gasteiger partial charge in [0.05, 0.1) is 22.8 Å². The first-order valence-electron chi connectivity index (χ1n) is 7.52. The van der Waals surface area contributed by atoms with E-state index in [4.69, 9.17) is 16.3 Å². The van der Waals surface area contributed by atoms with Crippen LogP contribution in [0.2, 0.25) is 5.02 Å². The Morgan fingerprint density at radius 3 is 2.33 bits per heavy atom. The number of hydrogen-bond acceptors (Lipinski definition) is 2. The molecule has 0 saturated carbocycles. The number of ether oxygens (including phenoxy) is 1. The molecule has 0 radical (unpaired) electrons. The maximum absolute atomic E-state index is 13.1. The second-order valence-electron chi connectivity index (χ2n) is 5.40. The molecule has 3 rings (SSSR count). The average molecular weight is 357 g/mol. The molecule has 0 bridgehead atoms. The van der Waals surface area contributed by atoms with E-state index in [-0.39, 0.29) is 0 Å². The Kier molecular flexibility index (Phi) is 5.03.